The topological polar surface area (TPSA) is 98.5 Å². The van der Waals surface area contributed by atoms with Gasteiger partial charge in [-0.1, -0.05) is 0 Å². The molecule has 0 aliphatic rings. The molecule has 0 aromatic rings. The highest BCUT2D eigenvalue weighted by Crippen LogP contribution is 1.87. The fourth-order valence-electron chi connectivity index (χ4n) is 0.631. The Bertz CT molecular complexity index is 227. The van der Waals surface area contributed by atoms with E-state index >= 15 is 0 Å². The van der Waals surface area contributed by atoms with Crippen LogP contribution >= 0.6 is 0 Å². The van der Waals surface area contributed by atoms with E-state index in [2.05, 4.69) is 10.1 Å². The summed E-state index contributed by atoms with van der Waals surface area (Å²) in [7, 11) is 0. The van der Waals surface area contributed by atoms with Crippen molar-refractivity contribution in [1.82, 2.24) is 5.32 Å². The monoisotopic (exact) mass is 188 g/mol. The summed E-state index contributed by atoms with van der Waals surface area (Å²) in [5.74, 6) is -1.76. The highest BCUT2D eigenvalue weighted by Gasteiger charge is 2.15. The molecule has 0 aromatic heterocycles. The van der Waals surface area contributed by atoms with Crippen LogP contribution in [0.1, 0.15) is 13.8 Å². The van der Waals surface area contributed by atoms with E-state index < -0.39 is 24.5 Å². The molecule has 74 valence electrons. The fraction of sp³-hybridized carbons (Fsp3) is 0.571. The number of carbonyl (C=O) groups is 3. The molecule has 0 radical (unpaired) electrons. The molecule has 13 heavy (non-hydrogen) atoms. The summed E-state index contributed by atoms with van der Waals surface area (Å²) in [4.78, 5) is 31.6. The van der Waals surface area contributed by atoms with Gasteiger partial charge in [0.05, 0.1) is 0 Å². The summed E-state index contributed by atoms with van der Waals surface area (Å²) in [6, 6.07) is -0.767. The van der Waals surface area contributed by atoms with Crippen molar-refractivity contribution in [3.8, 4) is 0 Å². The van der Waals surface area contributed by atoms with Crippen molar-refractivity contribution in [2.24, 2.45) is 5.73 Å². The van der Waals surface area contributed by atoms with Gasteiger partial charge in [0.15, 0.2) is 6.61 Å². The van der Waals surface area contributed by atoms with Crippen molar-refractivity contribution in [3.63, 3.8) is 0 Å². The third-order valence-electron chi connectivity index (χ3n) is 1.13. The van der Waals surface area contributed by atoms with Gasteiger partial charge in [0.2, 0.25) is 5.91 Å². The van der Waals surface area contributed by atoms with Gasteiger partial charge >= 0.3 is 5.97 Å². The molecule has 0 aromatic carbocycles. The number of carbonyl (C=O) groups excluding carboxylic acids is 3. The molecule has 2 amide bonds. The van der Waals surface area contributed by atoms with E-state index in [1.54, 1.807) is 0 Å². The zero-order chi connectivity index (χ0) is 10.4. The van der Waals surface area contributed by atoms with Gasteiger partial charge in [0.1, 0.15) is 6.04 Å². The molecule has 0 saturated carbocycles. The Morgan fingerprint density at radius 1 is 1.46 bits per heavy atom. The minimum Gasteiger partial charge on any atom is -0.454 e. The summed E-state index contributed by atoms with van der Waals surface area (Å²) in [5.41, 5.74) is 4.74. The molecule has 0 spiro atoms. The smallest absolute Gasteiger partial charge is 0.328 e. The lowest BCUT2D eigenvalue weighted by Crippen LogP contribution is -2.39. The standard InChI is InChI=1S/C7H12N2O4/c1-4(9-5(2)10)7(12)13-3-6(8)11/h4H,3H2,1-2H3,(H2,8,11)(H,9,10). The summed E-state index contributed by atoms with van der Waals surface area (Å²) < 4.78 is 4.44. The number of hydrogen-bond donors (Lipinski definition) is 2. The number of primary amides is 1. The van der Waals surface area contributed by atoms with Crippen LogP contribution < -0.4 is 11.1 Å². The lowest BCUT2D eigenvalue weighted by atomic mass is 10.3. The van der Waals surface area contributed by atoms with Gasteiger partial charge in [-0.05, 0) is 6.92 Å². The molecule has 0 saturated heterocycles. The van der Waals surface area contributed by atoms with Crippen LogP contribution in [0, 0.1) is 0 Å². The van der Waals surface area contributed by atoms with Crippen LogP contribution in [0.5, 0.6) is 0 Å². The van der Waals surface area contributed by atoms with Gasteiger partial charge < -0.3 is 15.8 Å². The first kappa shape index (κ1) is 11.4. The fourth-order valence-corrected chi connectivity index (χ4v) is 0.631. The van der Waals surface area contributed by atoms with E-state index in [4.69, 9.17) is 5.73 Å². The molecule has 0 aliphatic heterocycles. The van der Waals surface area contributed by atoms with Crippen LogP contribution in [0.4, 0.5) is 0 Å². The van der Waals surface area contributed by atoms with E-state index in [1.807, 2.05) is 0 Å². The number of rotatable bonds is 4. The second kappa shape index (κ2) is 5.13. The largest absolute Gasteiger partial charge is 0.454 e. The van der Waals surface area contributed by atoms with Crippen molar-refractivity contribution in [3.05, 3.63) is 0 Å². The van der Waals surface area contributed by atoms with Gasteiger partial charge in [-0.3, -0.25) is 9.59 Å². The second-order valence-electron chi connectivity index (χ2n) is 2.50. The zero-order valence-corrected chi connectivity index (χ0v) is 7.49. The molecule has 0 aliphatic carbocycles. The Morgan fingerprint density at radius 3 is 2.38 bits per heavy atom. The van der Waals surface area contributed by atoms with Crippen LogP contribution in [0.2, 0.25) is 0 Å². The van der Waals surface area contributed by atoms with Crippen LogP contribution in [-0.4, -0.2) is 30.4 Å². The minimum atomic E-state index is -0.767. The molecular weight excluding hydrogens is 176 g/mol. The van der Waals surface area contributed by atoms with Gasteiger partial charge in [0.25, 0.3) is 5.91 Å². The van der Waals surface area contributed by atoms with E-state index in [9.17, 15) is 14.4 Å². The van der Waals surface area contributed by atoms with Crippen LogP contribution in [0.25, 0.3) is 0 Å². The van der Waals surface area contributed by atoms with Crippen molar-refractivity contribution in [1.29, 1.82) is 0 Å². The van der Waals surface area contributed by atoms with Crippen LogP contribution in [-0.2, 0) is 19.1 Å². The number of nitrogens with one attached hydrogen (secondary N) is 1. The van der Waals surface area contributed by atoms with Gasteiger partial charge in [-0.25, -0.2) is 4.79 Å². The quantitative estimate of drug-likeness (QED) is 0.526. The Hall–Kier alpha value is -1.59. The third-order valence-corrected chi connectivity index (χ3v) is 1.13. The maximum atomic E-state index is 10.9. The highest BCUT2D eigenvalue weighted by molar-refractivity contribution is 5.84. The predicted molar refractivity (Wildman–Crippen MR) is 43.4 cm³/mol. The molecule has 0 heterocycles. The van der Waals surface area contributed by atoms with Gasteiger partial charge in [-0.15, -0.1) is 0 Å². The lowest BCUT2D eigenvalue weighted by Gasteiger charge is -2.10. The first-order chi connectivity index (χ1) is 5.93. The minimum absolute atomic E-state index is 0.344. The Balaban J connectivity index is 3.82. The number of hydrogen-bond acceptors (Lipinski definition) is 4. The molecule has 0 bridgehead atoms. The highest BCUT2D eigenvalue weighted by atomic mass is 16.5. The molecule has 0 fully saturated rings. The molecular formula is C7H12N2O4. The summed E-state index contributed by atoms with van der Waals surface area (Å²) in [5, 5.41) is 2.30. The Morgan fingerprint density at radius 2 is 2.00 bits per heavy atom. The van der Waals surface area contributed by atoms with Crippen molar-refractivity contribution in [2.75, 3.05) is 6.61 Å². The average molecular weight is 188 g/mol. The summed E-state index contributed by atoms with van der Waals surface area (Å²) in [6.07, 6.45) is 0. The third kappa shape index (κ3) is 5.66. The SMILES string of the molecule is CC(=O)NC(C)C(=O)OCC(N)=O. The second-order valence-corrected chi connectivity index (χ2v) is 2.50. The van der Waals surface area contributed by atoms with E-state index in [-0.39, 0.29) is 5.91 Å². The maximum absolute atomic E-state index is 10.9. The molecule has 0 rings (SSSR count). The van der Waals surface area contributed by atoms with E-state index in [0.717, 1.165) is 0 Å². The van der Waals surface area contributed by atoms with Crippen molar-refractivity contribution >= 4 is 17.8 Å². The maximum Gasteiger partial charge on any atom is 0.328 e. The number of ether oxygens (including phenoxy) is 1. The first-order valence-corrected chi connectivity index (χ1v) is 3.65. The molecule has 6 nitrogen and oxygen atoms in total. The normalized spacial score (nSPS) is 11.5. The Kier molecular flexibility index (Phi) is 4.50. The number of esters is 1. The van der Waals surface area contributed by atoms with Gasteiger partial charge in [-0.2, -0.15) is 0 Å². The number of amides is 2. The van der Waals surface area contributed by atoms with E-state index in [1.165, 1.54) is 13.8 Å². The average Bonchev–Trinajstić information content (AvgIpc) is 1.98. The molecule has 6 heteroatoms. The summed E-state index contributed by atoms with van der Waals surface area (Å²) in [6.45, 7) is 2.26. The van der Waals surface area contributed by atoms with Crippen LogP contribution in [0.3, 0.4) is 0 Å². The van der Waals surface area contributed by atoms with Gasteiger partial charge in [0, 0.05) is 6.92 Å². The summed E-state index contributed by atoms with van der Waals surface area (Å²) >= 11 is 0. The Labute approximate surface area is 75.4 Å². The van der Waals surface area contributed by atoms with Crippen LogP contribution in [0.15, 0.2) is 0 Å². The number of nitrogens with two attached hydrogens (primary N) is 1. The molecule has 3 N–H and O–H groups in total. The van der Waals surface area contributed by atoms with Crippen molar-refractivity contribution < 1.29 is 19.1 Å². The molecule has 1 unspecified atom stereocenters. The first-order valence-electron chi connectivity index (χ1n) is 3.65. The zero-order valence-electron chi connectivity index (χ0n) is 7.49. The van der Waals surface area contributed by atoms with Crippen molar-refractivity contribution in [2.45, 2.75) is 19.9 Å². The lowest BCUT2D eigenvalue weighted by molar-refractivity contribution is -0.150. The van der Waals surface area contributed by atoms with E-state index in [0.29, 0.717) is 0 Å². The predicted octanol–water partition coefficient (Wildman–Crippen LogP) is -1.46. The molecule has 1 atom stereocenters.